The van der Waals surface area contributed by atoms with Crippen LogP contribution in [0.2, 0.25) is 0 Å². The van der Waals surface area contributed by atoms with Crippen LogP contribution in [0.25, 0.3) is 0 Å². The van der Waals surface area contributed by atoms with Crippen LogP contribution in [0.4, 0.5) is 0 Å². The quantitative estimate of drug-likeness (QED) is 0.710. The van der Waals surface area contributed by atoms with E-state index >= 15 is 0 Å². The summed E-state index contributed by atoms with van der Waals surface area (Å²) in [5.41, 5.74) is 1.23. The van der Waals surface area contributed by atoms with Crippen LogP contribution in [0.3, 0.4) is 0 Å². The van der Waals surface area contributed by atoms with Crippen molar-refractivity contribution in [3.05, 3.63) is 23.5 Å². The average molecular weight is 266 g/mol. The van der Waals surface area contributed by atoms with E-state index in [1.54, 1.807) is 13.8 Å². The molecule has 1 aromatic heterocycles. The number of aromatic nitrogens is 1. The molecule has 0 saturated carbocycles. The Balaban J connectivity index is 2.60. The SMILES string of the molecule is CCCNCc1nc(C)ccc1OCCC(C)(C)O. The van der Waals surface area contributed by atoms with Gasteiger partial charge in [-0.3, -0.25) is 4.98 Å². The second-order valence-corrected chi connectivity index (χ2v) is 5.49. The third-order valence-electron chi connectivity index (χ3n) is 2.76. The van der Waals surface area contributed by atoms with Gasteiger partial charge in [-0.2, -0.15) is 0 Å². The van der Waals surface area contributed by atoms with Crippen molar-refractivity contribution in [2.24, 2.45) is 0 Å². The number of hydrogen-bond acceptors (Lipinski definition) is 4. The minimum atomic E-state index is -0.696. The molecule has 0 aromatic carbocycles. The molecule has 0 aliphatic carbocycles. The summed E-state index contributed by atoms with van der Waals surface area (Å²) in [7, 11) is 0. The Labute approximate surface area is 116 Å². The van der Waals surface area contributed by atoms with Gasteiger partial charge in [-0.25, -0.2) is 0 Å². The fourth-order valence-corrected chi connectivity index (χ4v) is 1.65. The molecule has 0 fully saturated rings. The van der Waals surface area contributed by atoms with Crippen LogP contribution in [-0.2, 0) is 6.54 Å². The lowest BCUT2D eigenvalue weighted by atomic mass is 10.1. The Bertz CT molecular complexity index is 386. The van der Waals surface area contributed by atoms with Gasteiger partial charge < -0.3 is 15.2 Å². The Kier molecular flexibility index (Phi) is 6.25. The van der Waals surface area contributed by atoms with E-state index in [1.807, 2.05) is 19.1 Å². The first-order valence-electron chi connectivity index (χ1n) is 6.95. The summed E-state index contributed by atoms with van der Waals surface area (Å²) in [6.07, 6.45) is 1.70. The molecule has 0 bridgehead atoms. The number of pyridine rings is 1. The van der Waals surface area contributed by atoms with Crippen LogP contribution >= 0.6 is 0 Å². The second-order valence-electron chi connectivity index (χ2n) is 5.49. The average Bonchev–Trinajstić information content (AvgIpc) is 2.30. The van der Waals surface area contributed by atoms with Gasteiger partial charge in [0.25, 0.3) is 0 Å². The van der Waals surface area contributed by atoms with Crippen molar-refractivity contribution in [3.63, 3.8) is 0 Å². The molecule has 1 aromatic rings. The van der Waals surface area contributed by atoms with Gasteiger partial charge in [0, 0.05) is 18.7 Å². The maximum atomic E-state index is 9.67. The monoisotopic (exact) mass is 266 g/mol. The van der Waals surface area contributed by atoms with Gasteiger partial charge >= 0.3 is 0 Å². The maximum Gasteiger partial charge on any atom is 0.142 e. The Hall–Kier alpha value is -1.13. The first kappa shape index (κ1) is 15.9. The minimum absolute atomic E-state index is 0.495. The highest BCUT2D eigenvalue weighted by molar-refractivity contribution is 5.29. The molecule has 0 radical (unpaired) electrons. The van der Waals surface area contributed by atoms with Crippen LogP contribution in [0, 0.1) is 6.92 Å². The molecule has 0 saturated heterocycles. The maximum absolute atomic E-state index is 9.67. The summed E-state index contributed by atoms with van der Waals surface area (Å²) in [5.74, 6) is 0.804. The summed E-state index contributed by atoms with van der Waals surface area (Å²) in [4.78, 5) is 4.51. The van der Waals surface area contributed by atoms with E-state index < -0.39 is 5.60 Å². The van der Waals surface area contributed by atoms with E-state index in [-0.39, 0.29) is 0 Å². The van der Waals surface area contributed by atoms with Crippen molar-refractivity contribution >= 4 is 0 Å². The first-order chi connectivity index (χ1) is 8.92. The molecule has 0 atom stereocenters. The molecule has 0 unspecified atom stereocenters. The third-order valence-corrected chi connectivity index (χ3v) is 2.76. The number of hydrogen-bond donors (Lipinski definition) is 2. The largest absolute Gasteiger partial charge is 0.492 e. The molecule has 4 nitrogen and oxygen atoms in total. The summed E-state index contributed by atoms with van der Waals surface area (Å²) >= 11 is 0. The first-order valence-corrected chi connectivity index (χ1v) is 6.95. The number of aliphatic hydroxyl groups is 1. The van der Waals surface area contributed by atoms with Crippen LogP contribution < -0.4 is 10.1 Å². The molecule has 0 aliphatic rings. The predicted octanol–water partition coefficient (Wildman–Crippen LogP) is 2.43. The van der Waals surface area contributed by atoms with Gasteiger partial charge in [0.15, 0.2) is 0 Å². The van der Waals surface area contributed by atoms with Crippen molar-refractivity contribution < 1.29 is 9.84 Å². The van der Waals surface area contributed by atoms with Gasteiger partial charge in [-0.05, 0) is 45.9 Å². The number of aryl methyl sites for hydroxylation is 1. The standard InChI is InChI=1S/C15H26N2O2/c1-5-9-16-11-13-14(7-6-12(2)17-13)19-10-8-15(3,4)18/h6-7,16,18H,5,8-11H2,1-4H3. The highest BCUT2D eigenvalue weighted by atomic mass is 16.5. The summed E-state index contributed by atoms with van der Waals surface area (Å²) < 4.78 is 5.74. The molecular formula is C15H26N2O2. The molecule has 0 spiro atoms. The molecule has 1 rings (SSSR count). The molecule has 1 heterocycles. The topological polar surface area (TPSA) is 54.4 Å². The Morgan fingerprint density at radius 2 is 2.11 bits per heavy atom. The molecule has 19 heavy (non-hydrogen) atoms. The number of nitrogens with one attached hydrogen (secondary N) is 1. The van der Waals surface area contributed by atoms with Crippen molar-refractivity contribution in [2.45, 2.75) is 52.7 Å². The normalized spacial score (nSPS) is 11.6. The third kappa shape index (κ3) is 6.55. The van der Waals surface area contributed by atoms with E-state index in [0.29, 0.717) is 19.6 Å². The molecule has 108 valence electrons. The van der Waals surface area contributed by atoms with Gasteiger partial charge in [-0.15, -0.1) is 0 Å². The summed E-state index contributed by atoms with van der Waals surface area (Å²) in [6, 6.07) is 3.90. The fourth-order valence-electron chi connectivity index (χ4n) is 1.65. The van der Waals surface area contributed by atoms with E-state index in [2.05, 4.69) is 17.2 Å². The van der Waals surface area contributed by atoms with Crippen LogP contribution in [-0.4, -0.2) is 28.8 Å². The molecule has 2 N–H and O–H groups in total. The number of nitrogens with zero attached hydrogens (tertiary/aromatic N) is 1. The highest BCUT2D eigenvalue weighted by Crippen LogP contribution is 2.18. The number of ether oxygens (including phenoxy) is 1. The lowest BCUT2D eigenvalue weighted by Crippen LogP contribution is -2.22. The van der Waals surface area contributed by atoms with Crippen molar-refractivity contribution in [1.29, 1.82) is 0 Å². The fraction of sp³-hybridized carbons (Fsp3) is 0.667. The zero-order valence-electron chi connectivity index (χ0n) is 12.5. The van der Waals surface area contributed by atoms with Gasteiger partial charge in [0.2, 0.25) is 0 Å². The highest BCUT2D eigenvalue weighted by Gasteiger charge is 2.13. The van der Waals surface area contributed by atoms with E-state index in [1.165, 1.54) is 0 Å². The van der Waals surface area contributed by atoms with E-state index in [9.17, 15) is 5.11 Å². The number of rotatable bonds is 8. The lowest BCUT2D eigenvalue weighted by molar-refractivity contribution is 0.0551. The smallest absolute Gasteiger partial charge is 0.142 e. The lowest BCUT2D eigenvalue weighted by Gasteiger charge is -2.18. The van der Waals surface area contributed by atoms with Crippen molar-refractivity contribution in [3.8, 4) is 5.75 Å². The van der Waals surface area contributed by atoms with Crippen LogP contribution in [0.15, 0.2) is 12.1 Å². The summed E-state index contributed by atoms with van der Waals surface area (Å²) in [6.45, 7) is 9.86. The van der Waals surface area contributed by atoms with Crippen LogP contribution in [0.1, 0.15) is 45.0 Å². The minimum Gasteiger partial charge on any atom is -0.492 e. The molecule has 0 amide bonds. The zero-order valence-corrected chi connectivity index (χ0v) is 12.5. The van der Waals surface area contributed by atoms with Crippen LogP contribution in [0.5, 0.6) is 5.75 Å². The van der Waals surface area contributed by atoms with Gasteiger partial charge in [0.05, 0.1) is 17.9 Å². The zero-order chi connectivity index (χ0) is 14.3. The molecule has 4 heteroatoms. The van der Waals surface area contributed by atoms with E-state index in [0.717, 1.165) is 30.1 Å². The second kappa shape index (κ2) is 7.46. The van der Waals surface area contributed by atoms with Crippen molar-refractivity contribution in [1.82, 2.24) is 10.3 Å². The Morgan fingerprint density at radius 3 is 2.74 bits per heavy atom. The van der Waals surface area contributed by atoms with E-state index in [4.69, 9.17) is 4.74 Å². The van der Waals surface area contributed by atoms with Crippen molar-refractivity contribution in [2.75, 3.05) is 13.2 Å². The molecule has 0 aliphatic heterocycles. The predicted molar refractivity (Wildman–Crippen MR) is 77.4 cm³/mol. The summed E-state index contributed by atoms with van der Waals surface area (Å²) in [5, 5.41) is 13.0. The van der Waals surface area contributed by atoms with Gasteiger partial charge in [-0.1, -0.05) is 6.92 Å². The molecular weight excluding hydrogens is 240 g/mol. The van der Waals surface area contributed by atoms with Gasteiger partial charge in [0.1, 0.15) is 5.75 Å². The Morgan fingerprint density at radius 1 is 1.37 bits per heavy atom.